The molecule has 1 aromatic heterocycles. The average Bonchev–Trinajstić information content (AvgIpc) is 2.46. The van der Waals surface area contributed by atoms with Crippen LogP contribution in [0.25, 0.3) is 0 Å². The predicted octanol–water partition coefficient (Wildman–Crippen LogP) is 0.968. The van der Waals surface area contributed by atoms with Gasteiger partial charge in [-0.25, -0.2) is 0 Å². The Morgan fingerprint density at radius 2 is 1.45 bits per heavy atom. The minimum absolute atomic E-state index is 0.0800. The zero-order chi connectivity index (χ0) is 15.0. The first-order chi connectivity index (χ1) is 9.69. The Kier molecular flexibility index (Phi) is 7.00. The molecule has 0 aliphatic heterocycles. The molecule has 0 aromatic carbocycles. The average molecular weight is 282 g/mol. The Morgan fingerprint density at radius 3 is 1.90 bits per heavy atom. The number of likely N-dealkylation sites (N-methyl/N-ethyl adjacent to an activating group) is 1. The van der Waals surface area contributed by atoms with Crippen molar-refractivity contribution in [2.24, 2.45) is 0 Å². The summed E-state index contributed by atoms with van der Waals surface area (Å²) in [4.78, 5) is 17.4. The Hall–Kier alpha value is -1.63. The van der Waals surface area contributed by atoms with Crippen LogP contribution in [-0.2, 0) is 0 Å². The molecule has 0 aliphatic carbocycles. The first kappa shape index (κ1) is 16.4. The van der Waals surface area contributed by atoms with Crippen molar-refractivity contribution in [3.05, 3.63) is 0 Å². The molecular formula is C13H26N6O. The predicted molar refractivity (Wildman–Crippen MR) is 82.5 cm³/mol. The summed E-state index contributed by atoms with van der Waals surface area (Å²) in [5.41, 5.74) is 0. The lowest BCUT2D eigenvalue weighted by atomic mass is 10.5. The first-order valence-electron chi connectivity index (χ1n) is 7.30. The van der Waals surface area contributed by atoms with Crippen molar-refractivity contribution in [3.63, 3.8) is 0 Å². The van der Waals surface area contributed by atoms with Crippen molar-refractivity contribution in [2.75, 3.05) is 54.4 Å². The third kappa shape index (κ3) is 4.19. The van der Waals surface area contributed by atoms with Crippen LogP contribution in [0, 0.1) is 0 Å². The molecule has 0 radical (unpaired) electrons. The van der Waals surface area contributed by atoms with Gasteiger partial charge in [0.25, 0.3) is 0 Å². The van der Waals surface area contributed by atoms with E-state index >= 15 is 0 Å². The van der Waals surface area contributed by atoms with Gasteiger partial charge >= 0.3 is 0 Å². The van der Waals surface area contributed by atoms with Gasteiger partial charge in [0.2, 0.25) is 17.8 Å². The number of rotatable bonds is 9. The number of aliphatic hydroxyl groups is 1. The fourth-order valence-corrected chi connectivity index (χ4v) is 1.90. The van der Waals surface area contributed by atoms with E-state index in [1.54, 1.807) is 0 Å². The minimum atomic E-state index is 0.0800. The zero-order valence-electron chi connectivity index (χ0n) is 12.9. The van der Waals surface area contributed by atoms with Crippen molar-refractivity contribution in [3.8, 4) is 0 Å². The maximum absolute atomic E-state index is 9.13. The molecule has 0 spiro atoms. The summed E-state index contributed by atoms with van der Waals surface area (Å²) in [5.74, 6) is 1.86. The minimum Gasteiger partial charge on any atom is -0.395 e. The number of aliphatic hydroxyl groups excluding tert-OH is 1. The van der Waals surface area contributed by atoms with Crippen LogP contribution >= 0.6 is 0 Å². The summed E-state index contributed by atoms with van der Waals surface area (Å²) in [5, 5.41) is 12.3. The van der Waals surface area contributed by atoms with Crippen LogP contribution in [0.15, 0.2) is 0 Å². The maximum Gasteiger partial charge on any atom is 0.232 e. The highest BCUT2D eigenvalue weighted by atomic mass is 16.3. The molecule has 20 heavy (non-hydrogen) atoms. The van der Waals surface area contributed by atoms with Gasteiger partial charge in [-0.05, 0) is 27.7 Å². The fraction of sp³-hybridized carbons (Fsp3) is 0.769. The normalized spacial score (nSPS) is 10.4. The molecule has 2 N–H and O–H groups in total. The molecule has 7 nitrogen and oxygen atoms in total. The van der Waals surface area contributed by atoms with Gasteiger partial charge in [0.05, 0.1) is 6.61 Å². The molecule has 7 heteroatoms. The summed E-state index contributed by atoms with van der Waals surface area (Å²) in [6.45, 7) is 12.0. The highest BCUT2D eigenvalue weighted by molar-refractivity contribution is 5.45. The monoisotopic (exact) mass is 282 g/mol. The van der Waals surface area contributed by atoms with Crippen LogP contribution < -0.4 is 15.1 Å². The molecule has 0 fully saturated rings. The maximum atomic E-state index is 9.13. The van der Waals surface area contributed by atoms with E-state index in [0.717, 1.165) is 26.2 Å². The van der Waals surface area contributed by atoms with Crippen molar-refractivity contribution in [2.45, 2.75) is 27.7 Å². The number of nitrogens with one attached hydrogen (secondary N) is 1. The molecule has 0 unspecified atom stereocenters. The van der Waals surface area contributed by atoms with E-state index in [0.29, 0.717) is 24.4 Å². The largest absolute Gasteiger partial charge is 0.395 e. The lowest BCUT2D eigenvalue weighted by Crippen LogP contribution is -2.31. The molecule has 1 rings (SSSR count). The lowest BCUT2D eigenvalue weighted by Gasteiger charge is -2.24. The highest BCUT2D eigenvalue weighted by Gasteiger charge is 2.14. The van der Waals surface area contributed by atoms with Crippen molar-refractivity contribution < 1.29 is 5.11 Å². The molecule has 0 aliphatic rings. The fourth-order valence-electron chi connectivity index (χ4n) is 1.90. The topological polar surface area (TPSA) is 77.4 Å². The van der Waals surface area contributed by atoms with Crippen LogP contribution in [0.3, 0.4) is 0 Å². The van der Waals surface area contributed by atoms with Gasteiger partial charge in [-0.3, -0.25) is 0 Å². The van der Waals surface area contributed by atoms with E-state index in [9.17, 15) is 0 Å². The van der Waals surface area contributed by atoms with Crippen LogP contribution in [0.1, 0.15) is 27.7 Å². The molecule has 1 aromatic rings. The third-order valence-corrected chi connectivity index (χ3v) is 3.03. The van der Waals surface area contributed by atoms with E-state index < -0.39 is 0 Å². The molecule has 0 bridgehead atoms. The second kappa shape index (κ2) is 8.52. The number of hydrogen-bond acceptors (Lipinski definition) is 7. The van der Waals surface area contributed by atoms with Crippen LogP contribution in [0.4, 0.5) is 17.8 Å². The van der Waals surface area contributed by atoms with Gasteiger partial charge in [-0.15, -0.1) is 0 Å². The van der Waals surface area contributed by atoms with E-state index in [1.165, 1.54) is 0 Å². The van der Waals surface area contributed by atoms with E-state index in [4.69, 9.17) is 5.11 Å². The van der Waals surface area contributed by atoms with Crippen molar-refractivity contribution in [1.29, 1.82) is 0 Å². The molecule has 0 atom stereocenters. The van der Waals surface area contributed by atoms with E-state index in [1.807, 2.05) is 18.7 Å². The number of nitrogens with zero attached hydrogens (tertiary/aromatic N) is 5. The van der Waals surface area contributed by atoms with Gasteiger partial charge < -0.3 is 20.2 Å². The Morgan fingerprint density at radius 1 is 0.900 bits per heavy atom. The first-order valence-corrected chi connectivity index (χ1v) is 7.30. The summed E-state index contributed by atoms with van der Waals surface area (Å²) >= 11 is 0. The Balaban J connectivity index is 3.14. The van der Waals surface area contributed by atoms with Crippen LogP contribution in [-0.4, -0.2) is 59.4 Å². The molecule has 114 valence electrons. The third-order valence-electron chi connectivity index (χ3n) is 3.03. The second-order valence-electron chi connectivity index (χ2n) is 4.26. The smallest absolute Gasteiger partial charge is 0.232 e. The van der Waals surface area contributed by atoms with Gasteiger partial charge in [0.15, 0.2) is 0 Å². The standard InChI is InChI=1S/C13H26N6O/c1-5-14-11-15-12(18(6-2)7-3)17-13(16-11)19(8-4)9-10-20/h20H,5-10H2,1-4H3,(H,14,15,16,17). The quantitative estimate of drug-likeness (QED) is 0.698. The zero-order valence-corrected chi connectivity index (χ0v) is 12.9. The van der Waals surface area contributed by atoms with Gasteiger partial charge in [-0.2, -0.15) is 15.0 Å². The second-order valence-corrected chi connectivity index (χ2v) is 4.26. The molecule has 0 saturated carbocycles. The highest BCUT2D eigenvalue weighted by Crippen LogP contribution is 2.16. The number of hydrogen-bond donors (Lipinski definition) is 2. The summed E-state index contributed by atoms with van der Waals surface area (Å²) in [6, 6.07) is 0. The lowest BCUT2D eigenvalue weighted by molar-refractivity contribution is 0.301. The van der Waals surface area contributed by atoms with Crippen LogP contribution in [0.5, 0.6) is 0 Å². The van der Waals surface area contributed by atoms with Crippen molar-refractivity contribution >= 4 is 17.8 Å². The van der Waals surface area contributed by atoms with Gasteiger partial charge in [-0.1, -0.05) is 0 Å². The Labute approximate surface area is 121 Å². The van der Waals surface area contributed by atoms with E-state index in [-0.39, 0.29) is 6.61 Å². The SMILES string of the molecule is CCNc1nc(N(CC)CC)nc(N(CC)CCO)n1. The van der Waals surface area contributed by atoms with E-state index in [2.05, 4.69) is 39.0 Å². The Bertz CT molecular complexity index is 396. The molecule has 0 saturated heterocycles. The summed E-state index contributed by atoms with van der Waals surface area (Å²) < 4.78 is 0. The van der Waals surface area contributed by atoms with Crippen LogP contribution in [0.2, 0.25) is 0 Å². The van der Waals surface area contributed by atoms with Gasteiger partial charge in [0, 0.05) is 32.7 Å². The summed E-state index contributed by atoms with van der Waals surface area (Å²) in [6.07, 6.45) is 0. The molecule has 0 amide bonds. The molecular weight excluding hydrogens is 256 g/mol. The summed E-state index contributed by atoms with van der Waals surface area (Å²) in [7, 11) is 0. The number of anilines is 3. The number of aromatic nitrogens is 3. The van der Waals surface area contributed by atoms with Gasteiger partial charge in [0.1, 0.15) is 0 Å². The van der Waals surface area contributed by atoms with Crippen molar-refractivity contribution in [1.82, 2.24) is 15.0 Å². The molecule has 1 heterocycles.